The topological polar surface area (TPSA) is 17.8 Å². The van der Waals surface area contributed by atoms with Crippen LogP contribution in [0.1, 0.15) is 11.1 Å². The molecule has 3 aromatic rings. The first-order valence-corrected chi connectivity index (χ1v) is 8.61. The molecule has 0 N–H and O–H groups in total. The molecule has 2 aromatic carbocycles. The Kier molecular flexibility index (Phi) is 5.52. The Morgan fingerprint density at radius 2 is 1.67 bits per heavy atom. The lowest BCUT2D eigenvalue weighted by Gasteiger charge is -2.12. The Bertz CT molecular complexity index is 886. The standard InChI is InChI=1S/C18H12Cl4N2/c19-14-2-1-12(17(21)8-14)7-13(10-24-6-5-23-11-24)16-4-3-15(20)9-18(16)22/h1-9,11H,10H2/b13-7-. The van der Waals surface area contributed by atoms with Gasteiger partial charge in [-0.25, -0.2) is 4.98 Å². The van der Waals surface area contributed by atoms with E-state index in [0.29, 0.717) is 26.6 Å². The molecule has 0 aliphatic rings. The van der Waals surface area contributed by atoms with E-state index < -0.39 is 0 Å². The molecule has 122 valence electrons. The number of nitrogens with zero attached hydrogens (tertiary/aromatic N) is 2. The first kappa shape index (κ1) is 17.4. The zero-order valence-corrected chi connectivity index (χ0v) is 15.4. The second-order valence-electron chi connectivity index (χ2n) is 5.19. The van der Waals surface area contributed by atoms with Gasteiger partial charge in [0.25, 0.3) is 0 Å². The highest BCUT2D eigenvalue weighted by molar-refractivity contribution is 6.36. The number of aromatic nitrogens is 2. The molecule has 0 fully saturated rings. The van der Waals surface area contributed by atoms with Crippen LogP contribution in [0, 0.1) is 0 Å². The van der Waals surface area contributed by atoms with Crippen LogP contribution in [0.3, 0.4) is 0 Å². The van der Waals surface area contributed by atoms with E-state index in [1.165, 1.54) is 0 Å². The van der Waals surface area contributed by atoms with Gasteiger partial charge in [-0.2, -0.15) is 0 Å². The molecule has 2 nitrogen and oxygen atoms in total. The zero-order valence-electron chi connectivity index (χ0n) is 12.4. The Hall–Kier alpha value is -1.45. The van der Waals surface area contributed by atoms with Crippen molar-refractivity contribution in [2.45, 2.75) is 6.54 Å². The molecule has 1 aromatic heterocycles. The lowest BCUT2D eigenvalue weighted by atomic mass is 10.0. The van der Waals surface area contributed by atoms with Gasteiger partial charge in [-0.15, -0.1) is 0 Å². The van der Waals surface area contributed by atoms with Gasteiger partial charge in [-0.05, 0) is 47.0 Å². The van der Waals surface area contributed by atoms with Crippen molar-refractivity contribution in [3.05, 3.63) is 86.3 Å². The van der Waals surface area contributed by atoms with E-state index in [-0.39, 0.29) is 0 Å². The highest BCUT2D eigenvalue weighted by Gasteiger charge is 2.10. The molecule has 3 rings (SSSR count). The second kappa shape index (κ2) is 7.62. The molecule has 1 heterocycles. The first-order valence-electron chi connectivity index (χ1n) is 7.10. The number of halogens is 4. The molecule has 0 radical (unpaired) electrons. The van der Waals surface area contributed by atoms with Gasteiger partial charge in [0.05, 0.1) is 6.33 Å². The lowest BCUT2D eigenvalue weighted by molar-refractivity contribution is 0.836. The first-order chi connectivity index (χ1) is 11.5. The molecule has 0 unspecified atom stereocenters. The molecule has 0 bridgehead atoms. The SMILES string of the molecule is Clc1ccc(/C=C(/Cn2ccnc2)c2ccc(Cl)cc2Cl)c(Cl)c1. The van der Waals surface area contributed by atoms with Crippen LogP contribution in [0.25, 0.3) is 11.6 Å². The van der Waals surface area contributed by atoms with Crippen LogP contribution in [0.5, 0.6) is 0 Å². The maximum absolute atomic E-state index is 6.39. The van der Waals surface area contributed by atoms with Crippen LogP contribution >= 0.6 is 46.4 Å². The van der Waals surface area contributed by atoms with E-state index >= 15 is 0 Å². The molecular formula is C18H12Cl4N2. The molecule has 24 heavy (non-hydrogen) atoms. The Morgan fingerprint density at radius 3 is 2.29 bits per heavy atom. The van der Waals surface area contributed by atoms with Crippen LogP contribution in [0.4, 0.5) is 0 Å². The summed E-state index contributed by atoms with van der Waals surface area (Å²) in [5.41, 5.74) is 2.74. The van der Waals surface area contributed by atoms with Gasteiger partial charge in [-0.1, -0.05) is 58.5 Å². The van der Waals surface area contributed by atoms with E-state index in [0.717, 1.165) is 16.7 Å². The molecule has 0 saturated heterocycles. The Morgan fingerprint density at radius 1 is 0.958 bits per heavy atom. The van der Waals surface area contributed by atoms with E-state index in [4.69, 9.17) is 46.4 Å². The summed E-state index contributed by atoms with van der Waals surface area (Å²) in [6.07, 6.45) is 7.37. The summed E-state index contributed by atoms with van der Waals surface area (Å²) in [6, 6.07) is 10.8. The van der Waals surface area contributed by atoms with Crippen molar-refractivity contribution < 1.29 is 0 Å². The van der Waals surface area contributed by atoms with E-state index in [1.807, 2.05) is 35.0 Å². The van der Waals surface area contributed by atoms with Gasteiger partial charge >= 0.3 is 0 Å². The summed E-state index contributed by atoms with van der Waals surface area (Å²) < 4.78 is 1.96. The highest BCUT2D eigenvalue weighted by atomic mass is 35.5. The van der Waals surface area contributed by atoms with Gasteiger partial charge in [0.2, 0.25) is 0 Å². The van der Waals surface area contributed by atoms with Crippen molar-refractivity contribution in [2.75, 3.05) is 0 Å². The van der Waals surface area contributed by atoms with Crippen LogP contribution in [-0.2, 0) is 6.54 Å². The van der Waals surface area contributed by atoms with Gasteiger partial charge in [0.15, 0.2) is 0 Å². The van der Waals surface area contributed by atoms with Gasteiger partial charge < -0.3 is 4.57 Å². The third-order valence-corrected chi connectivity index (χ3v) is 4.59. The number of hydrogen-bond donors (Lipinski definition) is 0. The number of imidazole rings is 1. The minimum Gasteiger partial charge on any atom is -0.333 e. The predicted molar refractivity (Wildman–Crippen MR) is 103 cm³/mol. The maximum atomic E-state index is 6.39. The number of benzene rings is 2. The fourth-order valence-corrected chi connectivity index (χ4v) is 3.33. The molecule has 0 atom stereocenters. The number of hydrogen-bond acceptors (Lipinski definition) is 1. The van der Waals surface area contributed by atoms with Crippen molar-refractivity contribution in [2.24, 2.45) is 0 Å². The smallest absolute Gasteiger partial charge is 0.0949 e. The summed E-state index contributed by atoms with van der Waals surface area (Å²) in [4.78, 5) is 4.08. The summed E-state index contributed by atoms with van der Waals surface area (Å²) in [7, 11) is 0. The van der Waals surface area contributed by atoms with Crippen molar-refractivity contribution in [1.82, 2.24) is 9.55 Å². The molecule has 0 amide bonds. The monoisotopic (exact) mass is 396 g/mol. The summed E-state index contributed by atoms with van der Waals surface area (Å²) in [6.45, 7) is 0.598. The molecular weight excluding hydrogens is 386 g/mol. The fourth-order valence-electron chi connectivity index (χ4n) is 2.34. The summed E-state index contributed by atoms with van der Waals surface area (Å²) in [5.74, 6) is 0. The maximum Gasteiger partial charge on any atom is 0.0949 e. The van der Waals surface area contributed by atoms with Crippen molar-refractivity contribution in [3.63, 3.8) is 0 Å². The van der Waals surface area contributed by atoms with Crippen LogP contribution < -0.4 is 0 Å². The normalized spacial score (nSPS) is 11.8. The van der Waals surface area contributed by atoms with Gasteiger partial charge in [0.1, 0.15) is 0 Å². The van der Waals surface area contributed by atoms with Crippen LogP contribution in [0.15, 0.2) is 55.1 Å². The second-order valence-corrected chi connectivity index (χ2v) is 6.88. The quantitative estimate of drug-likeness (QED) is 0.445. The molecule has 0 aliphatic heterocycles. The lowest BCUT2D eigenvalue weighted by Crippen LogP contribution is -1.99. The van der Waals surface area contributed by atoms with E-state index in [2.05, 4.69) is 4.98 Å². The molecule has 0 spiro atoms. The van der Waals surface area contributed by atoms with Gasteiger partial charge in [-0.3, -0.25) is 0 Å². The third-order valence-electron chi connectivity index (χ3n) is 3.48. The van der Waals surface area contributed by atoms with Crippen molar-refractivity contribution in [1.29, 1.82) is 0 Å². The van der Waals surface area contributed by atoms with Crippen LogP contribution in [0.2, 0.25) is 20.1 Å². The highest BCUT2D eigenvalue weighted by Crippen LogP contribution is 2.31. The van der Waals surface area contributed by atoms with E-state index in [1.54, 1.807) is 30.7 Å². The number of rotatable bonds is 4. The predicted octanol–water partition coefficient (Wildman–Crippen LogP) is 6.74. The Labute approximate surface area is 160 Å². The number of allylic oxidation sites excluding steroid dienone is 1. The average molecular weight is 398 g/mol. The van der Waals surface area contributed by atoms with Gasteiger partial charge in [0, 0.05) is 39.0 Å². The summed E-state index contributed by atoms with van der Waals surface area (Å²) in [5, 5.41) is 2.35. The average Bonchev–Trinajstić information content (AvgIpc) is 3.02. The minimum absolute atomic E-state index is 0.579. The molecule has 0 aliphatic carbocycles. The zero-order chi connectivity index (χ0) is 17.1. The third kappa shape index (κ3) is 4.14. The Balaban J connectivity index is 2.08. The molecule has 6 heteroatoms. The van der Waals surface area contributed by atoms with Crippen molar-refractivity contribution in [3.8, 4) is 0 Å². The minimum atomic E-state index is 0.579. The van der Waals surface area contributed by atoms with Crippen LogP contribution in [-0.4, -0.2) is 9.55 Å². The van der Waals surface area contributed by atoms with E-state index in [9.17, 15) is 0 Å². The summed E-state index contributed by atoms with van der Waals surface area (Å²) >= 11 is 24.7. The van der Waals surface area contributed by atoms with Crippen molar-refractivity contribution >= 4 is 58.1 Å². The largest absolute Gasteiger partial charge is 0.333 e. The molecule has 0 saturated carbocycles. The fraction of sp³-hybridized carbons (Fsp3) is 0.0556.